The first-order chi connectivity index (χ1) is 7.27. The molecule has 2 aliphatic heterocycles. The van der Waals surface area contributed by atoms with Crippen molar-refractivity contribution in [1.82, 2.24) is 5.32 Å². The number of carbonyl (C=O) groups is 1. The molecule has 1 amide bonds. The molecule has 2 heterocycles. The van der Waals surface area contributed by atoms with E-state index in [0.717, 1.165) is 12.8 Å². The summed E-state index contributed by atoms with van der Waals surface area (Å²) < 4.78 is 10.5. The first-order valence-corrected chi connectivity index (χ1v) is 6.29. The van der Waals surface area contributed by atoms with E-state index in [4.69, 9.17) is 9.47 Å². The van der Waals surface area contributed by atoms with E-state index in [1.54, 1.807) is 0 Å². The lowest BCUT2D eigenvalue weighted by atomic mass is 9.99. The van der Waals surface area contributed by atoms with Crippen LogP contribution in [0.5, 0.6) is 0 Å². The quantitative estimate of drug-likeness (QED) is 0.756. The largest absolute Gasteiger partial charge is 0.381 e. The Bertz CT molecular complexity index is 231. The number of carbonyl (C=O) groups excluding carboxylic acids is 1. The third-order valence-electron chi connectivity index (χ3n) is 2.93. The highest BCUT2D eigenvalue weighted by atomic mass is 79.9. The highest BCUT2D eigenvalue weighted by Gasteiger charge is 2.30. The summed E-state index contributed by atoms with van der Waals surface area (Å²) in [5, 5.41) is 3.03. The van der Waals surface area contributed by atoms with Gasteiger partial charge in [-0.15, -0.1) is 0 Å². The zero-order valence-electron chi connectivity index (χ0n) is 8.58. The van der Waals surface area contributed by atoms with Gasteiger partial charge in [-0.05, 0) is 12.8 Å². The molecular formula is C10H16BrNO3. The Kier molecular flexibility index (Phi) is 3.99. The van der Waals surface area contributed by atoms with Crippen LogP contribution >= 0.6 is 15.9 Å². The average molecular weight is 278 g/mol. The molecule has 1 N–H and O–H groups in total. The molecule has 2 rings (SSSR count). The lowest BCUT2D eigenvalue weighted by molar-refractivity contribution is -0.128. The minimum Gasteiger partial charge on any atom is -0.381 e. The molecular weight excluding hydrogens is 262 g/mol. The van der Waals surface area contributed by atoms with Gasteiger partial charge in [0, 0.05) is 19.1 Å². The smallest absolute Gasteiger partial charge is 0.223 e. The lowest BCUT2D eigenvalue weighted by Gasteiger charge is -2.23. The lowest BCUT2D eigenvalue weighted by Crippen LogP contribution is -2.44. The predicted octanol–water partition coefficient (Wildman–Crippen LogP) is 0.691. The van der Waals surface area contributed by atoms with Crippen LogP contribution in [0.2, 0.25) is 0 Å². The average Bonchev–Trinajstić information content (AvgIpc) is 2.66. The molecule has 0 aliphatic carbocycles. The van der Waals surface area contributed by atoms with E-state index in [-0.39, 0.29) is 22.7 Å². The van der Waals surface area contributed by atoms with Gasteiger partial charge in [-0.2, -0.15) is 0 Å². The molecule has 2 aliphatic rings. The van der Waals surface area contributed by atoms with Crippen molar-refractivity contribution in [1.29, 1.82) is 0 Å². The van der Waals surface area contributed by atoms with Crippen LogP contribution in [0.3, 0.4) is 0 Å². The standard InChI is InChI=1S/C10H16BrNO3/c11-8-5-15-6-9(8)12-10(13)7-1-3-14-4-2-7/h7-9H,1-6H2,(H,12,13). The summed E-state index contributed by atoms with van der Waals surface area (Å²) in [6.45, 7) is 2.71. The van der Waals surface area contributed by atoms with E-state index in [0.29, 0.717) is 26.4 Å². The number of alkyl halides is 1. The Labute approximate surface area is 97.8 Å². The summed E-state index contributed by atoms with van der Waals surface area (Å²) in [4.78, 5) is 12.1. The number of nitrogens with one attached hydrogen (secondary N) is 1. The molecule has 4 nitrogen and oxygen atoms in total. The Morgan fingerprint density at radius 3 is 2.53 bits per heavy atom. The Morgan fingerprint density at radius 1 is 1.20 bits per heavy atom. The first-order valence-electron chi connectivity index (χ1n) is 5.37. The van der Waals surface area contributed by atoms with E-state index in [1.165, 1.54) is 0 Å². The molecule has 5 heteroatoms. The maximum atomic E-state index is 11.9. The molecule has 86 valence electrons. The van der Waals surface area contributed by atoms with Gasteiger partial charge in [0.15, 0.2) is 0 Å². The van der Waals surface area contributed by atoms with Gasteiger partial charge in [-0.25, -0.2) is 0 Å². The molecule has 2 atom stereocenters. The second-order valence-electron chi connectivity index (χ2n) is 4.06. The van der Waals surface area contributed by atoms with Gasteiger partial charge >= 0.3 is 0 Å². The Hall–Kier alpha value is -0.130. The van der Waals surface area contributed by atoms with Crippen LogP contribution in [0.15, 0.2) is 0 Å². The fourth-order valence-electron chi connectivity index (χ4n) is 1.92. The van der Waals surface area contributed by atoms with E-state index in [9.17, 15) is 4.79 Å². The number of rotatable bonds is 2. The zero-order chi connectivity index (χ0) is 10.7. The molecule has 2 saturated heterocycles. The minimum absolute atomic E-state index is 0.124. The molecule has 0 aromatic carbocycles. The number of hydrogen-bond acceptors (Lipinski definition) is 3. The molecule has 2 unspecified atom stereocenters. The third kappa shape index (κ3) is 2.92. The van der Waals surface area contributed by atoms with Gasteiger partial charge in [0.2, 0.25) is 5.91 Å². The van der Waals surface area contributed by atoms with Crippen molar-refractivity contribution in [2.24, 2.45) is 5.92 Å². The zero-order valence-corrected chi connectivity index (χ0v) is 10.2. The monoisotopic (exact) mass is 277 g/mol. The second-order valence-corrected chi connectivity index (χ2v) is 5.23. The van der Waals surface area contributed by atoms with Crippen LogP contribution in [-0.2, 0) is 14.3 Å². The summed E-state index contributed by atoms with van der Waals surface area (Å²) in [7, 11) is 0. The molecule has 2 fully saturated rings. The number of hydrogen-bond donors (Lipinski definition) is 1. The van der Waals surface area contributed by atoms with Gasteiger partial charge in [0.05, 0.1) is 24.1 Å². The van der Waals surface area contributed by atoms with Gasteiger partial charge in [-0.1, -0.05) is 15.9 Å². The van der Waals surface area contributed by atoms with Crippen LogP contribution in [0.1, 0.15) is 12.8 Å². The predicted molar refractivity (Wildman–Crippen MR) is 59.0 cm³/mol. The highest BCUT2D eigenvalue weighted by Crippen LogP contribution is 2.18. The van der Waals surface area contributed by atoms with Crippen LogP contribution < -0.4 is 5.32 Å². The number of ether oxygens (including phenoxy) is 2. The fraction of sp³-hybridized carbons (Fsp3) is 0.900. The van der Waals surface area contributed by atoms with E-state index in [2.05, 4.69) is 21.2 Å². The van der Waals surface area contributed by atoms with Crippen molar-refractivity contribution in [3.8, 4) is 0 Å². The van der Waals surface area contributed by atoms with Gasteiger partial charge < -0.3 is 14.8 Å². The third-order valence-corrected chi connectivity index (χ3v) is 3.83. The van der Waals surface area contributed by atoms with Crippen molar-refractivity contribution in [2.45, 2.75) is 23.7 Å². The molecule has 0 aromatic rings. The van der Waals surface area contributed by atoms with Crippen molar-refractivity contribution < 1.29 is 14.3 Å². The molecule has 0 bridgehead atoms. The molecule has 0 radical (unpaired) electrons. The highest BCUT2D eigenvalue weighted by molar-refractivity contribution is 9.09. The van der Waals surface area contributed by atoms with Crippen LogP contribution in [-0.4, -0.2) is 43.2 Å². The van der Waals surface area contributed by atoms with E-state index < -0.39 is 0 Å². The van der Waals surface area contributed by atoms with Crippen molar-refractivity contribution >= 4 is 21.8 Å². The Balaban J connectivity index is 1.80. The molecule has 15 heavy (non-hydrogen) atoms. The topological polar surface area (TPSA) is 47.6 Å². The first kappa shape index (κ1) is 11.4. The van der Waals surface area contributed by atoms with Crippen molar-refractivity contribution in [3.63, 3.8) is 0 Å². The van der Waals surface area contributed by atoms with Gasteiger partial charge in [0.1, 0.15) is 0 Å². The SMILES string of the molecule is O=C(NC1COCC1Br)C1CCOCC1. The van der Waals surface area contributed by atoms with Gasteiger partial charge in [0.25, 0.3) is 0 Å². The molecule has 0 saturated carbocycles. The second kappa shape index (κ2) is 5.27. The summed E-state index contributed by atoms with van der Waals surface area (Å²) in [5.41, 5.74) is 0. The van der Waals surface area contributed by atoms with Crippen molar-refractivity contribution in [2.75, 3.05) is 26.4 Å². The van der Waals surface area contributed by atoms with Gasteiger partial charge in [-0.3, -0.25) is 4.79 Å². The van der Waals surface area contributed by atoms with E-state index in [1.807, 2.05) is 0 Å². The number of amides is 1. The fourth-order valence-corrected chi connectivity index (χ4v) is 2.39. The Morgan fingerprint density at radius 2 is 1.93 bits per heavy atom. The van der Waals surface area contributed by atoms with Crippen LogP contribution in [0.4, 0.5) is 0 Å². The van der Waals surface area contributed by atoms with Crippen LogP contribution in [0, 0.1) is 5.92 Å². The molecule has 0 aromatic heterocycles. The number of halogens is 1. The minimum atomic E-state index is 0.124. The van der Waals surface area contributed by atoms with Crippen molar-refractivity contribution in [3.05, 3.63) is 0 Å². The summed E-state index contributed by atoms with van der Waals surface area (Å²) in [6.07, 6.45) is 1.68. The molecule has 0 spiro atoms. The summed E-state index contributed by atoms with van der Waals surface area (Å²) in [5.74, 6) is 0.275. The summed E-state index contributed by atoms with van der Waals surface area (Å²) >= 11 is 3.49. The maximum Gasteiger partial charge on any atom is 0.223 e. The maximum absolute atomic E-state index is 11.9. The van der Waals surface area contributed by atoms with Crippen LogP contribution in [0.25, 0.3) is 0 Å². The normalized spacial score (nSPS) is 32.9. The summed E-state index contributed by atoms with van der Waals surface area (Å²) in [6, 6.07) is 0.125. The van der Waals surface area contributed by atoms with E-state index >= 15 is 0 Å².